The number of aryl methyl sites for hydroxylation is 1. The molecule has 0 spiro atoms. The molecular weight excluding hydrogens is 178 g/mol. The molecule has 0 unspecified atom stereocenters. The molecule has 0 saturated carbocycles. The highest BCUT2D eigenvalue weighted by molar-refractivity contribution is 5.42. The van der Waals surface area contributed by atoms with Crippen molar-refractivity contribution in [3.05, 3.63) is 22.9 Å². The summed E-state index contributed by atoms with van der Waals surface area (Å²) in [5, 5.41) is 8.73. The van der Waals surface area contributed by atoms with Crippen molar-refractivity contribution >= 4 is 5.82 Å². The third-order valence-corrected chi connectivity index (χ3v) is 1.75. The molecular formula is C8H10F2N2O. The Hall–Kier alpha value is -1.23. The first-order valence-electron chi connectivity index (χ1n) is 3.71. The van der Waals surface area contributed by atoms with Crippen molar-refractivity contribution in [1.82, 2.24) is 4.98 Å². The lowest BCUT2D eigenvalue weighted by molar-refractivity contribution is 0.146. The van der Waals surface area contributed by atoms with Gasteiger partial charge in [0.15, 0.2) is 0 Å². The second-order valence-electron chi connectivity index (χ2n) is 2.69. The Balaban J connectivity index is 3.25. The number of hydrogen-bond acceptors (Lipinski definition) is 3. The summed E-state index contributed by atoms with van der Waals surface area (Å²) >= 11 is 0. The first-order valence-corrected chi connectivity index (χ1v) is 3.71. The molecule has 0 amide bonds. The van der Waals surface area contributed by atoms with E-state index in [-0.39, 0.29) is 17.1 Å². The standard InChI is InChI=1S/C8H10F2N2O/c1-4-2-5(7(9)10)6(3-13)12-8(4)11/h2,7,13H,3H2,1H3,(H2,11,12). The number of aliphatic hydroxyl groups is 1. The summed E-state index contributed by atoms with van der Waals surface area (Å²) in [5.41, 5.74) is 5.58. The molecule has 5 heteroatoms. The Morgan fingerprint density at radius 1 is 1.62 bits per heavy atom. The first-order chi connectivity index (χ1) is 6.06. The fourth-order valence-corrected chi connectivity index (χ4v) is 1.00. The first kappa shape index (κ1) is 9.85. The van der Waals surface area contributed by atoms with E-state index in [9.17, 15) is 8.78 Å². The molecule has 1 rings (SSSR count). The SMILES string of the molecule is Cc1cc(C(F)F)c(CO)nc1N. The third kappa shape index (κ3) is 1.92. The maximum atomic E-state index is 12.3. The zero-order valence-corrected chi connectivity index (χ0v) is 7.09. The number of aromatic nitrogens is 1. The average molecular weight is 188 g/mol. The van der Waals surface area contributed by atoms with Crippen molar-refractivity contribution < 1.29 is 13.9 Å². The predicted molar refractivity (Wildman–Crippen MR) is 44.3 cm³/mol. The van der Waals surface area contributed by atoms with Crippen LogP contribution in [0.5, 0.6) is 0 Å². The van der Waals surface area contributed by atoms with Crippen LogP contribution in [0.3, 0.4) is 0 Å². The van der Waals surface area contributed by atoms with Gasteiger partial charge in [0.1, 0.15) is 5.82 Å². The number of anilines is 1. The van der Waals surface area contributed by atoms with Gasteiger partial charge in [-0.3, -0.25) is 0 Å². The maximum Gasteiger partial charge on any atom is 0.265 e. The van der Waals surface area contributed by atoms with Crippen LogP contribution in [0.2, 0.25) is 0 Å². The molecule has 13 heavy (non-hydrogen) atoms. The van der Waals surface area contributed by atoms with Gasteiger partial charge in [-0.25, -0.2) is 13.8 Å². The summed E-state index contributed by atoms with van der Waals surface area (Å²) in [6.45, 7) is 1.07. The lowest BCUT2D eigenvalue weighted by atomic mass is 10.1. The molecule has 0 saturated heterocycles. The summed E-state index contributed by atoms with van der Waals surface area (Å²) in [4.78, 5) is 3.66. The Morgan fingerprint density at radius 2 is 2.23 bits per heavy atom. The number of nitrogen functional groups attached to an aromatic ring is 1. The number of aliphatic hydroxyl groups excluding tert-OH is 1. The van der Waals surface area contributed by atoms with E-state index in [1.807, 2.05) is 0 Å². The molecule has 1 heterocycles. The monoisotopic (exact) mass is 188 g/mol. The molecule has 0 aliphatic rings. The molecule has 0 radical (unpaired) electrons. The van der Waals surface area contributed by atoms with E-state index in [4.69, 9.17) is 10.8 Å². The van der Waals surface area contributed by atoms with Crippen LogP contribution >= 0.6 is 0 Å². The normalized spacial score (nSPS) is 10.8. The zero-order chi connectivity index (χ0) is 10.0. The number of pyridine rings is 1. The van der Waals surface area contributed by atoms with E-state index in [1.54, 1.807) is 6.92 Å². The quantitative estimate of drug-likeness (QED) is 0.737. The second kappa shape index (κ2) is 3.66. The minimum absolute atomic E-state index is 0.0573. The molecule has 0 fully saturated rings. The van der Waals surface area contributed by atoms with Crippen molar-refractivity contribution in [1.29, 1.82) is 0 Å². The van der Waals surface area contributed by atoms with Crippen LogP contribution in [0.25, 0.3) is 0 Å². The van der Waals surface area contributed by atoms with E-state index in [2.05, 4.69) is 4.98 Å². The third-order valence-electron chi connectivity index (χ3n) is 1.75. The van der Waals surface area contributed by atoms with E-state index in [1.165, 1.54) is 6.07 Å². The average Bonchev–Trinajstić information content (AvgIpc) is 2.08. The van der Waals surface area contributed by atoms with E-state index in [0.29, 0.717) is 5.56 Å². The summed E-state index contributed by atoms with van der Waals surface area (Å²) in [6, 6.07) is 1.25. The highest BCUT2D eigenvalue weighted by Gasteiger charge is 2.15. The van der Waals surface area contributed by atoms with Gasteiger partial charge < -0.3 is 10.8 Å². The van der Waals surface area contributed by atoms with Gasteiger partial charge in [0, 0.05) is 5.56 Å². The number of nitrogens with zero attached hydrogens (tertiary/aromatic N) is 1. The minimum Gasteiger partial charge on any atom is -0.390 e. The Morgan fingerprint density at radius 3 is 2.69 bits per heavy atom. The van der Waals surface area contributed by atoms with Crippen molar-refractivity contribution in [2.45, 2.75) is 20.0 Å². The molecule has 1 aromatic rings. The lowest BCUT2D eigenvalue weighted by Crippen LogP contribution is -2.04. The fourth-order valence-electron chi connectivity index (χ4n) is 1.00. The van der Waals surface area contributed by atoms with Crippen molar-refractivity contribution in [3.63, 3.8) is 0 Å². The van der Waals surface area contributed by atoms with Crippen molar-refractivity contribution in [3.8, 4) is 0 Å². The molecule has 0 atom stereocenters. The summed E-state index contributed by atoms with van der Waals surface area (Å²) < 4.78 is 24.7. The zero-order valence-electron chi connectivity index (χ0n) is 7.09. The Kier molecular flexibility index (Phi) is 2.77. The molecule has 0 aliphatic carbocycles. The van der Waals surface area contributed by atoms with E-state index < -0.39 is 13.0 Å². The smallest absolute Gasteiger partial charge is 0.265 e. The van der Waals surface area contributed by atoms with Crippen LogP contribution in [0.1, 0.15) is 23.2 Å². The highest BCUT2D eigenvalue weighted by Crippen LogP contribution is 2.24. The van der Waals surface area contributed by atoms with Gasteiger partial charge >= 0.3 is 0 Å². The largest absolute Gasteiger partial charge is 0.390 e. The van der Waals surface area contributed by atoms with Gasteiger partial charge in [0.05, 0.1) is 12.3 Å². The molecule has 3 N–H and O–H groups in total. The van der Waals surface area contributed by atoms with Gasteiger partial charge in [-0.05, 0) is 18.6 Å². The number of rotatable bonds is 2. The van der Waals surface area contributed by atoms with Gasteiger partial charge in [-0.15, -0.1) is 0 Å². The van der Waals surface area contributed by atoms with Crippen LogP contribution in [0, 0.1) is 6.92 Å². The molecule has 3 nitrogen and oxygen atoms in total. The van der Waals surface area contributed by atoms with Crippen LogP contribution in [-0.4, -0.2) is 10.1 Å². The van der Waals surface area contributed by atoms with E-state index in [0.717, 1.165) is 0 Å². The highest BCUT2D eigenvalue weighted by atomic mass is 19.3. The summed E-state index contributed by atoms with van der Waals surface area (Å²) in [6.07, 6.45) is -2.63. The number of hydrogen-bond donors (Lipinski definition) is 2. The van der Waals surface area contributed by atoms with Crippen LogP contribution < -0.4 is 5.73 Å². The lowest BCUT2D eigenvalue weighted by Gasteiger charge is -2.08. The van der Waals surface area contributed by atoms with Crippen LogP contribution in [0.4, 0.5) is 14.6 Å². The van der Waals surface area contributed by atoms with Gasteiger partial charge in [-0.1, -0.05) is 0 Å². The summed E-state index contributed by atoms with van der Waals surface area (Å²) in [5.74, 6) is 0.174. The number of nitrogens with two attached hydrogens (primary N) is 1. The van der Waals surface area contributed by atoms with Gasteiger partial charge in [0.25, 0.3) is 6.43 Å². The van der Waals surface area contributed by atoms with Crippen molar-refractivity contribution in [2.24, 2.45) is 0 Å². The number of halogens is 2. The number of alkyl halides is 2. The minimum atomic E-state index is -2.63. The Labute approximate surface area is 74.2 Å². The maximum absolute atomic E-state index is 12.3. The molecule has 72 valence electrons. The molecule has 1 aromatic heterocycles. The molecule has 0 aliphatic heterocycles. The van der Waals surface area contributed by atoms with Crippen LogP contribution in [0.15, 0.2) is 6.07 Å². The Bertz CT molecular complexity index is 315. The second-order valence-corrected chi connectivity index (χ2v) is 2.69. The van der Waals surface area contributed by atoms with Gasteiger partial charge in [0.2, 0.25) is 0 Å². The van der Waals surface area contributed by atoms with Crippen LogP contribution in [-0.2, 0) is 6.61 Å². The molecule has 0 aromatic carbocycles. The van der Waals surface area contributed by atoms with E-state index >= 15 is 0 Å². The predicted octanol–water partition coefficient (Wildman–Crippen LogP) is 1.40. The summed E-state index contributed by atoms with van der Waals surface area (Å²) in [7, 11) is 0. The fraction of sp³-hybridized carbons (Fsp3) is 0.375. The molecule has 0 bridgehead atoms. The topological polar surface area (TPSA) is 59.1 Å². The van der Waals surface area contributed by atoms with Gasteiger partial charge in [-0.2, -0.15) is 0 Å². The van der Waals surface area contributed by atoms with Crippen molar-refractivity contribution in [2.75, 3.05) is 5.73 Å².